The zero-order valence-corrected chi connectivity index (χ0v) is 12.1. The van der Waals surface area contributed by atoms with Gasteiger partial charge >= 0.3 is 0 Å². The topological polar surface area (TPSA) is 43.6 Å². The Morgan fingerprint density at radius 2 is 2.20 bits per heavy atom. The van der Waals surface area contributed by atoms with Crippen LogP contribution in [0.5, 0.6) is 5.75 Å². The minimum absolute atomic E-state index is 0.363. The predicted octanol–water partition coefficient (Wildman–Crippen LogP) is 3.49. The van der Waals surface area contributed by atoms with E-state index >= 15 is 0 Å². The minimum Gasteiger partial charge on any atom is -0.487 e. The van der Waals surface area contributed by atoms with Crippen LogP contribution in [0.15, 0.2) is 53.3 Å². The second-order valence-electron chi connectivity index (χ2n) is 4.29. The molecule has 3 aromatic rings. The lowest BCUT2D eigenvalue weighted by atomic mass is 10.2. The molecule has 20 heavy (non-hydrogen) atoms. The van der Waals surface area contributed by atoms with Gasteiger partial charge in [0.1, 0.15) is 18.0 Å². The number of halogens is 1. The van der Waals surface area contributed by atoms with Crippen LogP contribution in [-0.4, -0.2) is 15.7 Å². The van der Waals surface area contributed by atoms with E-state index in [0.29, 0.717) is 17.9 Å². The Labute approximate surface area is 124 Å². The molecule has 0 unspecified atom stereocenters. The average molecular weight is 331 g/mol. The number of carbonyl (C=O) groups is 1. The van der Waals surface area contributed by atoms with Gasteiger partial charge in [0, 0.05) is 22.4 Å². The molecule has 4 nitrogen and oxygen atoms in total. The molecule has 2 aromatic heterocycles. The lowest BCUT2D eigenvalue weighted by molar-refractivity contribution is 0.112. The fourth-order valence-electron chi connectivity index (χ4n) is 1.92. The van der Waals surface area contributed by atoms with Gasteiger partial charge in [0.05, 0.1) is 5.69 Å². The van der Waals surface area contributed by atoms with Crippen molar-refractivity contribution in [3.63, 3.8) is 0 Å². The second-order valence-corrected chi connectivity index (χ2v) is 5.14. The minimum atomic E-state index is 0.363. The van der Waals surface area contributed by atoms with Crippen LogP contribution in [0.1, 0.15) is 16.1 Å². The first-order valence-corrected chi connectivity index (χ1v) is 6.86. The Morgan fingerprint density at radius 1 is 1.30 bits per heavy atom. The maximum atomic E-state index is 10.9. The summed E-state index contributed by atoms with van der Waals surface area (Å²) in [5.74, 6) is 0.646. The molecule has 3 rings (SSSR count). The summed E-state index contributed by atoms with van der Waals surface area (Å²) in [6.45, 7) is 0.363. The Kier molecular flexibility index (Phi) is 3.52. The average Bonchev–Trinajstić information content (AvgIpc) is 2.89. The molecular weight excluding hydrogens is 320 g/mol. The summed E-state index contributed by atoms with van der Waals surface area (Å²) < 4.78 is 8.36. The highest BCUT2D eigenvalue weighted by atomic mass is 79.9. The number of hydrogen-bond acceptors (Lipinski definition) is 3. The highest BCUT2D eigenvalue weighted by molar-refractivity contribution is 9.10. The van der Waals surface area contributed by atoms with Crippen molar-refractivity contribution in [3.8, 4) is 5.75 Å². The zero-order chi connectivity index (χ0) is 13.9. The Balaban J connectivity index is 1.77. The van der Waals surface area contributed by atoms with Gasteiger partial charge in [-0.1, -0.05) is 22.0 Å². The van der Waals surface area contributed by atoms with E-state index in [1.807, 2.05) is 41.1 Å². The van der Waals surface area contributed by atoms with Crippen molar-refractivity contribution in [2.24, 2.45) is 0 Å². The molecule has 0 fully saturated rings. The quantitative estimate of drug-likeness (QED) is 0.688. The monoisotopic (exact) mass is 330 g/mol. The van der Waals surface area contributed by atoms with E-state index in [0.717, 1.165) is 22.1 Å². The lowest BCUT2D eigenvalue weighted by Gasteiger charge is -2.05. The molecular formula is C15H11BrN2O2. The summed E-state index contributed by atoms with van der Waals surface area (Å²) in [6, 6.07) is 11.1. The molecule has 0 saturated heterocycles. The third kappa shape index (κ3) is 2.58. The summed E-state index contributed by atoms with van der Waals surface area (Å²) >= 11 is 3.31. The van der Waals surface area contributed by atoms with Gasteiger partial charge in [0.15, 0.2) is 6.29 Å². The number of imidazole rings is 1. The molecule has 0 atom stereocenters. The van der Waals surface area contributed by atoms with E-state index in [-0.39, 0.29) is 0 Å². The fraction of sp³-hybridized carbons (Fsp3) is 0.0667. The molecule has 2 heterocycles. The molecule has 1 aromatic carbocycles. The Hall–Kier alpha value is -2.14. The Morgan fingerprint density at radius 3 is 3.00 bits per heavy atom. The summed E-state index contributed by atoms with van der Waals surface area (Å²) in [5.41, 5.74) is 2.29. The summed E-state index contributed by atoms with van der Waals surface area (Å²) in [6.07, 6.45) is 4.66. The highest BCUT2D eigenvalue weighted by Crippen LogP contribution is 2.21. The van der Waals surface area contributed by atoms with Crippen LogP contribution in [0, 0.1) is 0 Å². The first-order chi connectivity index (χ1) is 9.76. The van der Waals surface area contributed by atoms with Crippen molar-refractivity contribution in [2.75, 3.05) is 0 Å². The van der Waals surface area contributed by atoms with E-state index < -0.39 is 0 Å². The molecule has 0 saturated carbocycles. The highest BCUT2D eigenvalue weighted by Gasteiger charge is 2.04. The smallest absolute Gasteiger partial charge is 0.151 e. The van der Waals surface area contributed by atoms with Crippen molar-refractivity contribution in [1.29, 1.82) is 0 Å². The number of aromatic nitrogens is 2. The van der Waals surface area contributed by atoms with Gasteiger partial charge in [-0.3, -0.25) is 4.79 Å². The predicted molar refractivity (Wildman–Crippen MR) is 79.1 cm³/mol. The first kappa shape index (κ1) is 12.9. The third-order valence-electron chi connectivity index (χ3n) is 2.90. The maximum absolute atomic E-state index is 10.9. The van der Waals surface area contributed by atoms with Gasteiger partial charge in [-0.25, -0.2) is 4.98 Å². The largest absolute Gasteiger partial charge is 0.487 e. The number of ether oxygens (including phenoxy) is 1. The number of pyridine rings is 1. The van der Waals surface area contributed by atoms with Gasteiger partial charge in [-0.15, -0.1) is 0 Å². The van der Waals surface area contributed by atoms with E-state index in [4.69, 9.17) is 4.74 Å². The van der Waals surface area contributed by atoms with E-state index in [1.165, 1.54) is 0 Å². The molecule has 0 aliphatic heterocycles. The van der Waals surface area contributed by atoms with E-state index in [1.54, 1.807) is 12.1 Å². The van der Waals surface area contributed by atoms with Crippen LogP contribution >= 0.6 is 15.9 Å². The summed E-state index contributed by atoms with van der Waals surface area (Å²) in [7, 11) is 0. The van der Waals surface area contributed by atoms with Gasteiger partial charge < -0.3 is 9.14 Å². The van der Waals surface area contributed by atoms with E-state index in [2.05, 4.69) is 20.9 Å². The van der Waals surface area contributed by atoms with Crippen LogP contribution in [0.2, 0.25) is 0 Å². The SMILES string of the molecule is O=Cc1cc(OCc2cn3ccccc3n2)ccc1Br. The number of rotatable bonds is 4. The molecule has 0 N–H and O–H groups in total. The van der Waals surface area contributed by atoms with Gasteiger partial charge in [0.2, 0.25) is 0 Å². The second kappa shape index (κ2) is 5.46. The molecule has 0 bridgehead atoms. The number of carbonyl (C=O) groups excluding carboxylic acids is 1. The van der Waals surface area contributed by atoms with Gasteiger partial charge in [-0.05, 0) is 30.3 Å². The van der Waals surface area contributed by atoms with Crippen LogP contribution in [-0.2, 0) is 6.61 Å². The number of aldehydes is 1. The first-order valence-electron chi connectivity index (χ1n) is 6.06. The van der Waals surface area contributed by atoms with Crippen LogP contribution in [0.4, 0.5) is 0 Å². The van der Waals surface area contributed by atoms with Crippen LogP contribution in [0.25, 0.3) is 5.65 Å². The third-order valence-corrected chi connectivity index (χ3v) is 3.62. The molecule has 0 aliphatic carbocycles. The number of benzene rings is 1. The number of fused-ring (bicyclic) bond motifs is 1. The fourth-order valence-corrected chi connectivity index (χ4v) is 2.26. The normalized spacial score (nSPS) is 10.7. The van der Waals surface area contributed by atoms with Crippen molar-refractivity contribution in [2.45, 2.75) is 6.61 Å². The van der Waals surface area contributed by atoms with Crippen molar-refractivity contribution >= 4 is 27.9 Å². The molecule has 0 spiro atoms. The van der Waals surface area contributed by atoms with Crippen LogP contribution in [0.3, 0.4) is 0 Å². The molecule has 0 aliphatic rings. The summed E-state index contributed by atoms with van der Waals surface area (Å²) in [4.78, 5) is 15.3. The van der Waals surface area contributed by atoms with Gasteiger partial charge in [-0.2, -0.15) is 0 Å². The van der Waals surface area contributed by atoms with Crippen molar-refractivity contribution in [1.82, 2.24) is 9.38 Å². The molecule has 5 heteroatoms. The standard InChI is InChI=1S/C15H11BrN2O2/c16-14-5-4-13(7-11(14)9-19)20-10-12-8-18-6-2-1-3-15(18)17-12/h1-9H,10H2. The lowest BCUT2D eigenvalue weighted by Crippen LogP contribution is -1.96. The summed E-state index contributed by atoms with van der Waals surface area (Å²) in [5, 5.41) is 0. The van der Waals surface area contributed by atoms with Crippen molar-refractivity contribution < 1.29 is 9.53 Å². The van der Waals surface area contributed by atoms with E-state index in [9.17, 15) is 4.79 Å². The number of hydrogen-bond donors (Lipinski definition) is 0. The van der Waals surface area contributed by atoms with Crippen molar-refractivity contribution in [3.05, 3.63) is 64.5 Å². The molecule has 0 amide bonds. The van der Waals surface area contributed by atoms with Crippen LogP contribution < -0.4 is 4.74 Å². The van der Waals surface area contributed by atoms with Gasteiger partial charge in [0.25, 0.3) is 0 Å². The Bertz CT molecular complexity index is 734. The molecule has 100 valence electrons. The number of nitrogens with zero attached hydrogens (tertiary/aromatic N) is 2. The zero-order valence-electron chi connectivity index (χ0n) is 10.5. The molecule has 0 radical (unpaired) electrons. The maximum Gasteiger partial charge on any atom is 0.151 e.